The van der Waals surface area contributed by atoms with Crippen LogP contribution >= 0.6 is 0 Å². The zero-order chi connectivity index (χ0) is 24.9. The van der Waals surface area contributed by atoms with E-state index in [-0.39, 0.29) is 30.7 Å². The summed E-state index contributed by atoms with van der Waals surface area (Å²) in [6.07, 6.45) is 3.02. The van der Waals surface area contributed by atoms with Gasteiger partial charge in [-0.1, -0.05) is 48.5 Å². The van der Waals surface area contributed by atoms with Crippen LogP contribution in [0.15, 0.2) is 66.7 Å². The maximum Gasteiger partial charge on any atom is 0.410 e. The number of hydrogen-bond acceptors (Lipinski definition) is 4. The summed E-state index contributed by atoms with van der Waals surface area (Å²) in [7, 11) is 1.48. The molecule has 0 aromatic heterocycles. The number of carbonyl (C=O) groups excluding carboxylic acids is 1. The lowest BCUT2D eigenvalue weighted by Gasteiger charge is -2.51. The fourth-order valence-corrected chi connectivity index (χ4v) is 6.67. The summed E-state index contributed by atoms with van der Waals surface area (Å²) in [5, 5.41) is 11.7. The molecular formula is C30H30FNO4. The number of piperidine rings is 2. The number of rotatable bonds is 4. The molecule has 2 atom stereocenters. The van der Waals surface area contributed by atoms with Crippen molar-refractivity contribution in [3.8, 4) is 16.9 Å². The number of carbonyl (C=O) groups is 1. The minimum absolute atomic E-state index is 0.00592. The molecule has 2 fully saturated rings. The molecule has 6 rings (SSSR count). The molecule has 36 heavy (non-hydrogen) atoms. The number of halogens is 1. The summed E-state index contributed by atoms with van der Waals surface area (Å²) in [5.74, 6) is -0.0629. The molecule has 1 amide bonds. The molecule has 186 valence electrons. The summed E-state index contributed by atoms with van der Waals surface area (Å²) in [6, 6.07) is 20.6. The van der Waals surface area contributed by atoms with E-state index in [1.807, 2.05) is 29.2 Å². The Morgan fingerprint density at radius 1 is 1.00 bits per heavy atom. The normalized spacial score (nSPS) is 24.7. The number of aliphatic hydroxyl groups is 1. The number of amides is 1. The second-order valence-corrected chi connectivity index (χ2v) is 10.2. The van der Waals surface area contributed by atoms with Gasteiger partial charge in [-0.15, -0.1) is 0 Å². The topological polar surface area (TPSA) is 59.0 Å². The van der Waals surface area contributed by atoms with Crippen molar-refractivity contribution in [1.29, 1.82) is 0 Å². The van der Waals surface area contributed by atoms with Crippen LogP contribution in [0.4, 0.5) is 9.18 Å². The van der Waals surface area contributed by atoms with Crippen LogP contribution in [0.3, 0.4) is 0 Å². The number of ether oxygens (including phenoxy) is 2. The molecule has 2 saturated heterocycles. The minimum atomic E-state index is -1.19. The Kier molecular flexibility index (Phi) is 5.72. The summed E-state index contributed by atoms with van der Waals surface area (Å²) in [4.78, 5) is 15.3. The van der Waals surface area contributed by atoms with Crippen LogP contribution in [-0.4, -0.2) is 41.9 Å². The number of hydrogen-bond donors (Lipinski definition) is 1. The fourth-order valence-electron chi connectivity index (χ4n) is 6.67. The van der Waals surface area contributed by atoms with Crippen LogP contribution < -0.4 is 4.74 Å². The Bertz CT molecular complexity index is 1250. The highest BCUT2D eigenvalue weighted by Crippen LogP contribution is 2.48. The molecule has 1 N–H and O–H groups in total. The average molecular weight is 488 g/mol. The van der Waals surface area contributed by atoms with E-state index < -0.39 is 11.4 Å². The predicted octanol–water partition coefficient (Wildman–Crippen LogP) is 5.99. The van der Waals surface area contributed by atoms with E-state index in [2.05, 4.69) is 24.3 Å². The second kappa shape index (κ2) is 8.93. The molecule has 6 heteroatoms. The first-order chi connectivity index (χ1) is 17.5. The van der Waals surface area contributed by atoms with Gasteiger partial charge in [0, 0.05) is 42.5 Å². The third-order valence-electron chi connectivity index (χ3n) is 8.22. The molecule has 0 spiro atoms. The van der Waals surface area contributed by atoms with Crippen LogP contribution in [-0.2, 0) is 10.3 Å². The minimum Gasteiger partial charge on any atom is -0.496 e. The lowest BCUT2D eigenvalue weighted by atomic mass is 9.72. The zero-order valence-corrected chi connectivity index (χ0v) is 20.3. The number of nitrogens with zero attached hydrogens (tertiary/aromatic N) is 1. The average Bonchev–Trinajstić information content (AvgIpc) is 3.20. The van der Waals surface area contributed by atoms with Crippen LogP contribution in [0.25, 0.3) is 11.1 Å². The number of methoxy groups -OCH3 is 1. The van der Waals surface area contributed by atoms with E-state index >= 15 is 0 Å². The second-order valence-electron chi connectivity index (χ2n) is 10.2. The van der Waals surface area contributed by atoms with Crippen LogP contribution in [0, 0.1) is 5.82 Å². The van der Waals surface area contributed by atoms with E-state index in [1.165, 1.54) is 41.5 Å². The van der Waals surface area contributed by atoms with Gasteiger partial charge in [-0.2, -0.15) is 0 Å². The molecule has 1 aliphatic carbocycles. The van der Waals surface area contributed by atoms with Gasteiger partial charge in [0.25, 0.3) is 0 Å². The van der Waals surface area contributed by atoms with Gasteiger partial charge in [0.2, 0.25) is 0 Å². The summed E-state index contributed by atoms with van der Waals surface area (Å²) >= 11 is 0. The Hall–Kier alpha value is -3.38. The molecule has 3 aliphatic rings. The van der Waals surface area contributed by atoms with Gasteiger partial charge in [0.15, 0.2) is 0 Å². The Balaban J connectivity index is 1.21. The van der Waals surface area contributed by atoms with Crippen molar-refractivity contribution < 1.29 is 23.8 Å². The summed E-state index contributed by atoms with van der Waals surface area (Å²) < 4.78 is 25.2. The molecule has 2 heterocycles. The van der Waals surface area contributed by atoms with Crippen LogP contribution in [0.1, 0.15) is 54.7 Å². The quantitative estimate of drug-likeness (QED) is 0.491. The van der Waals surface area contributed by atoms with Crippen molar-refractivity contribution in [2.75, 3.05) is 13.7 Å². The molecule has 2 bridgehead atoms. The SMILES string of the molecule is COc1cc(F)ccc1C1(O)CC2CCCC(C1)N2C(=O)OCC1c2ccccc2-c2ccccc21. The Morgan fingerprint density at radius 2 is 1.61 bits per heavy atom. The Morgan fingerprint density at radius 3 is 2.22 bits per heavy atom. The van der Waals surface area contributed by atoms with Gasteiger partial charge < -0.3 is 19.5 Å². The van der Waals surface area contributed by atoms with Crippen molar-refractivity contribution in [2.45, 2.75) is 55.7 Å². The van der Waals surface area contributed by atoms with Gasteiger partial charge in [0.1, 0.15) is 18.2 Å². The first-order valence-corrected chi connectivity index (χ1v) is 12.7. The molecule has 3 aromatic rings. The van der Waals surface area contributed by atoms with Crippen LogP contribution in [0.2, 0.25) is 0 Å². The summed E-state index contributed by atoms with van der Waals surface area (Å²) in [5.41, 5.74) is 4.15. The van der Waals surface area contributed by atoms with Gasteiger partial charge >= 0.3 is 6.09 Å². The lowest BCUT2D eigenvalue weighted by Crippen LogP contribution is -2.59. The van der Waals surface area contributed by atoms with Gasteiger partial charge in [-0.05, 0) is 53.6 Å². The molecule has 3 aromatic carbocycles. The van der Waals surface area contributed by atoms with Crippen molar-refractivity contribution in [2.24, 2.45) is 0 Å². The first-order valence-electron chi connectivity index (χ1n) is 12.7. The van der Waals surface area contributed by atoms with E-state index in [9.17, 15) is 14.3 Å². The highest BCUT2D eigenvalue weighted by molar-refractivity contribution is 5.79. The number of benzene rings is 3. The maximum atomic E-state index is 13.8. The predicted molar refractivity (Wildman–Crippen MR) is 134 cm³/mol. The standard InChI is InChI=1S/C30H30FNO4/c1-35-28-15-19(31)13-14-27(28)30(34)16-20-7-6-8-21(17-30)32(20)29(33)36-18-26-24-11-4-2-9-22(24)23-10-3-5-12-25(23)26/h2-5,9-15,20-21,26,34H,6-8,16-18H2,1H3. The van der Waals surface area contributed by atoms with Crippen molar-refractivity contribution in [1.82, 2.24) is 4.90 Å². The Labute approximate surface area is 210 Å². The zero-order valence-electron chi connectivity index (χ0n) is 20.3. The van der Waals surface area contributed by atoms with Gasteiger partial charge in [-0.25, -0.2) is 9.18 Å². The largest absolute Gasteiger partial charge is 0.496 e. The van der Waals surface area contributed by atoms with E-state index in [0.29, 0.717) is 24.2 Å². The third kappa shape index (κ3) is 3.75. The lowest BCUT2D eigenvalue weighted by molar-refractivity contribution is -0.0899. The van der Waals surface area contributed by atoms with Crippen molar-refractivity contribution in [3.05, 3.63) is 89.2 Å². The molecule has 2 unspecified atom stereocenters. The van der Waals surface area contributed by atoms with Gasteiger partial charge in [0.05, 0.1) is 12.7 Å². The maximum absolute atomic E-state index is 13.8. The fraction of sp³-hybridized carbons (Fsp3) is 0.367. The van der Waals surface area contributed by atoms with Gasteiger partial charge in [-0.3, -0.25) is 0 Å². The highest BCUT2D eigenvalue weighted by atomic mass is 19.1. The molecular weight excluding hydrogens is 457 g/mol. The van der Waals surface area contributed by atoms with E-state index in [4.69, 9.17) is 9.47 Å². The number of fused-ring (bicyclic) bond motifs is 5. The smallest absolute Gasteiger partial charge is 0.410 e. The molecule has 0 radical (unpaired) electrons. The van der Waals surface area contributed by atoms with Crippen LogP contribution in [0.5, 0.6) is 5.75 Å². The van der Waals surface area contributed by atoms with E-state index in [0.717, 1.165) is 19.3 Å². The third-order valence-corrected chi connectivity index (χ3v) is 8.22. The van der Waals surface area contributed by atoms with Crippen molar-refractivity contribution in [3.63, 3.8) is 0 Å². The summed E-state index contributed by atoms with van der Waals surface area (Å²) in [6.45, 7) is 0.277. The van der Waals surface area contributed by atoms with E-state index in [1.54, 1.807) is 6.07 Å². The highest BCUT2D eigenvalue weighted by Gasteiger charge is 2.49. The molecule has 0 saturated carbocycles. The molecule has 2 aliphatic heterocycles. The monoisotopic (exact) mass is 487 g/mol. The van der Waals surface area contributed by atoms with Crippen molar-refractivity contribution >= 4 is 6.09 Å². The molecule has 5 nitrogen and oxygen atoms in total. The first kappa shape index (κ1) is 23.0.